The first-order valence-electron chi connectivity index (χ1n) is 4.91. The summed E-state index contributed by atoms with van der Waals surface area (Å²) >= 11 is 0. The maximum absolute atomic E-state index is 11.1. The molecule has 0 aliphatic rings. The molecule has 0 atom stereocenters. The molecule has 0 aliphatic heterocycles. The molecular weight excluding hydrogens is 178 g/mol. The first-order valence-corrected chi connectivity index (χ1v) is 4.91. The van der Waals surface area contributed by atoms with E-state index in [4.69, 9.17) is 0 Å². The maximum atomic E-state index is 11.1. The zero-order valence-corrected chi connectivity index (χ0v) is 9.33. The van der Waals surface area contributed by atoms with Gasteiger partial charge in [0.1, 0.15) is 0 Å². The van der Waals surface area contributed by atoms with Gasteiger partial charge in [-0.2, -0.15) is 0 Å². The first kappa shape index (κ1) is 12.9. The third-order valence-electron chi connectivity index (χ3n) is 1.85. The summed E-state index contributed by atoms with van der Waals surface area (Å²) in [5.74, 6) is 0.256. The summed E-state index contributed by atoms with van der Waals surface area (Å²) in [7, 11) is 0. The van der Waals surface area contributed by atoms with E-state index in [0.29, 0.717) is 6.54 Å². The minimum Gasteiger partial charge on any atom is -0.384 e. The zero-order chi connectivity index (χ0) is 11.1. The standard InChI is InChI=1S/C11H19NO2/c1-8(2)10(13)5-6-12-7-11(14)9(3)4/h5-6,8-9,12H,7H2,1-4H3/b6-5+. The molecule has 14 heavy (non-hydrogen) atoms. The minimum atomic E-state index is 0.00819. The second-order valence-corrected chi connectivity index (χ2v) is 3.89. The van der Waals surface area contributed by atoms with Gasteiger partial charge >= 0.3 is 0 Å². The van der Waals surface area contributed by atoms with Crippen LogP contribution in [0.4, 0.5) is 0 Å². The van der Waals surface area contributed by atoms with Gasteiger partial charge in [0, 0.05) is 18.0 Å². The van der Waals surface area contributed by atoms with E-state index in [1.807, 2.05) is 27.7 Å². The summed E-state index contributed by atoms with van der Waals surface area (Å²) in [6.07, 6.45) is 3.01. The van der Waals surface area contributed by atoms with E-state index in [0.717, 1.165) is 0 Å². The Labute approximate surface area is 85.6 Å². The summed E-state index contributed by atoms with van der Waals surface area (Å²) in [6, 6.07) is 0. The van der Waals surface area contributed by atoms with Crippen LogP contribution in [-0.4, -0.2) is 18.1 Å². The minimum absolute atomic E-state index is 0.00819. The molecule has 80 valence electrons. The molecule has 0 saturated heterocycles. The number of hydrogen-bond acceptors (Lipinski definition) is 3. The van der Waals surface area contributed by atoms with Gasteiger partial charge in [0.05, 0.1) is 6.54 Å². The first-order chi connectivity index (χ1) is 6.45. The molecule has 0 aliphatic carbocycles. The Kier molecular flexibility index (Phi) is 5.84. The van der Waals surface area contributed by atoms with Gasteiger partial charge in [0.15, 0.2) is 11.6 Å². The largest absolute Gasteiger partial charge is 0.384 e. The predicted molar refractivity (Wildman–Crippen MR) is 56.8 cm³/mol. The van der Waals surface area contributed by atoms with Crippen molar-refractivity contribution in [3.8, 4) is 0 Å². The fraction of sp³-hybridized carbons (Fsp3) is 0.636. The van der Waals surface area contributed by atoms with Crippen LogP contribution in [0.5, 0.6) is 0 Å². The quantitative estimate of drug-likeness (QED) is 0.657. The SMILES string of the molecule is CC(C)C(=O)/C=C/NCC(=O)C(C)C. The molecule has 0 fully saturated rings. The highest BCUT2D eigenvalue weighted by molar-refractivity contribution is 5.91. The topological polar surface area (TPSA) is 46.2 Å². The molecule has 0 aromatic carbocycles. The van der Waals surface area contributed by atoms with Gasteiger partial charge in [-0.3, -0.25) is 9.59 Å². The predicted octanol–water partition coefficient (Wildman–Crippen LogP) is 1.54. The van der Waals surface area contributed by atoms with Gasteiger partial charge in [0.2, 0.25) is 0 Å². The van der Waals surface area contributed by atoms with Crippen LogP contribution in [0.3, 0.4) is 0 Å². The van der Waals surface area contributed by atoms with Crippen molar-refractivity contribution in [2.45, 2.75) is 27.7 Å². The average Bonchev–Trinajstić information content (AvgIpc) is 2.11. The molecule has 0 aromatic rings. The van der Waals surface area contributed by atoms with Crippen LogP contribution in [-0.2, 0) is 9.59 Å². The van der Waals surface area contributed by atoms with Crippen molar-refractivity contribution >= 4 is 11.6 Å². The van der Waals surface area contributed by atoms with Crippen LogP contribution in [0.25, 0.3) is 0 Å². The van der Waals surface area contributed by atoms with Gasteiger partial charge in [-0.15, -0.1) is 0 Å². The average molecular weight is 197 g/mol. The lowest BCUT2D eigenvalue weighted by molar-refractivity contribution is -0.121. The lowest BCUT2D eigenvalue weighted by Crippen LogP contribution is -2.22. The number of carbonyl (C=O) groups is 2. The van der Waals surface area contributed by atoms with Crippen molar-refractivity contribution in [2.75, 3.05) is 6.54 Å². The summed E-state index contributed by atoms with van der Waals surface area (Å²) in [4.78, 5) is 22.2. The van der Waals surface area contributed by atoms with Gasteiger partial charge in [-0.1, -0.05) is 27.7 Å². The van der Waals surface area contributed by atoms with Gasteiger partial charge in [0.25, 0.3) is 0 Å². The van der Waals surface area contributed by atoms with Gasteiger partial charge in [-0.25, -0.2) is 0 Å². The summed E-state index contributed by atoms with van der Waals surface area (Å²) in [6.45, 7) is 7.68. The van der Waals surface area contributed by atoms with E-state index >= 15 is 0 Å². The van der Waals surface area contributed by atoms with Crippen molar-refractivity contribution < 1.29 is 9.59 Å². The second-order valence-electron chi connectivity index (χ2n) is 3.89. The molecule has 0 rings (SSSR count). The Morgan fingerprint density at radius 1 is 1.14 bits per heavy atom. The number of nitrogens with one attached hydrogen (secondary N) is 1. The normalized spacial score (nSPS) is 11.3. The Morgan fingerprint density at radius 2 is 1.71 bits per heavy atom. The number of allylic oxidation sites excluding steroid dienone is 1. The van der Waals surface area contributed by atoms with Crippen molar-refractivity contribution in [3.63, 3.8) is 0 Å². The highest BCUT2D eigenvalue weighted by Gasteiger charge is 2.05. The van der Waals surface area contributed by atoms with E-state index in [9.17, 15) is 9.59 Å². The molecule has 0 radical (unpaired) electrons. The molecule has 0 spiro atoms. The van der Waals surface area contributed by atoms with Crippen molar-refractivity contribution in [1.82, 2.24) is 5.32 Å². The molecule has 3 heteroatoms. The zero-order valence-electron chi connectivity index (χ0n) is 9.33. The van der Waals surface area contributed by atoms with Crippen LogP contribution in [0, 0.1) is 11.8 Å². The molecule has 0 unspecified atom stereocenters. The van der Waals surface area contributed by atoms with Gasteiger partial charge < -0.3 is 5.32 Å². The molecule has 1 N–H and O–H groups in total. The number of ketones is 2. The summed E-state index contributed by atoms with van der Waals surface area (Å²) in [5.41, 5.74) is 0. The number of carbonyl (C=O) groups excluding carboxylic acids is 2. The van der Waals surface area contributed by atoms with E-state index in [1.54, 1.807) is 6.20 Å². The molecule has 0 amide bonds. The van der Waals surface area contributed by atoms with E-state index in [-0.39, 0.29) is 23.4 Å². The Balaban J connectivity index is 3.74. The summed E-state index contributed by atoms with van der Waals surface area (Å²) in [5, 5.41) is 2.80. The van der Waals surface area contributed by atoms with Crippen molar-refractivity contribution in [3.05, 3.63) is 12.3 Å². The fourth-order valence-corrected chi connectivity index (χ4v) is 0.697. The molecule has 3 nitrogen and oxygen atoms in total. The smallest absolute Gasteiger partial charge is 0.159 e. The fourth-order valence-electron chi connectivity index (χ4n) is 0.697. The van der Waals surface area contributed by atoms with Crippen LogP contribution >= 0.6 is 0 Å². The number of Topliss-reactive ketones (excluding diaryl/α,β-unsaturated/α-hetero) is 1. The van der Waals surface area contributed by atoms with Crippen molar-refractivity contribution in [2.24, 2.45) is 11.8 Å². The van der Waals surface area contributed by atoms with Crippen LogP contribution in [0.1, 0.15) is 27.7 Å². The lowest BCUT2D eigenvalue weighted by atomic mass is 10.1. The highest BCUT2D eigenvalue weighted by atomic mass is 16.1. The Morgan fingerprint density at radius 3 is 2.14 bits per heavy atom. The maximum Gasteiger partial charge on any atom is 0.159 e. The third-order valence-corrected chi connectivity index (χ3v) is 1.85. The molecule has 0 bridgehead atoms. The number of hydrogen-bond donors (Lipinski definition) is 1. The Bertz CT molecular complexity index is 229. The monoisotopic (exact) mass is 197 g/mol. The van der Waals surface area contributed by atoms with Crippen molar-refractivity contribution in [1.29, 1.82) is 0 Å². The van der Waals surface area contributed by atoms with Crippen LogP contribution in [0.15, 0.2) is 12.3 Å². The second kappa shape index (κ2) is 6.35. The molecule has 0 heterocycles. The summed E-state index contributed by atoms with van der Waals surface area (Å²) < 4.78 is 0. The Hall–Kier alpha value is -1.12. The number of rotatable bonds is 6. The van der Waals surface area contributed by atoms with E-state index in [1.165, 1.54) is 6.08 Å². The molecule has 0 saturated carbocycles. The lowest BCUT2D eigenvalue weighted by Gasteiger charge is -2.03. The van der Waals surface area contributed by atoms with Crippen LogP contribution < -0.4 is 5.32 Å². The third kappa shape index (κ3) is 5.51. The molecule has 0 aromatic heterocycles. The van der Waals surface area contributed by atoms with Crippen LogP contribution in [0.2, 0.25) is 0 Å². The molecular formula is C11H19NO2. The van der Waals surface area contributed by atoms with Gasteiger partial charge in [-0.05, 0) is 6.08 Å². The highest BCUT2D eigenvalue weighted by Crippen LogP contribution is 1.95. The van der Waals surface area contributed by atoms with E-state index in [2.05, 4.69) is 5.32 Å². The van der Waals surface area contributed by atoms with E-state index < -0.39 is 0 Å².